The molecule has 0 aliphatic carbocycles. The Hall–Kier alpha value is -3.48. The molecule has 0 aliphatic rings. The molecule has 0 aliphatic heterocycles. The van der Waals surface area contributed by atoms with E-state index in [0.717, 1.165) is 12.0 Å². The second-order valence-corrected chi connectivity index (χ2v) is 7.51. The lowest BCUT2D eigenvalue weighted by atomic mass is 10.1. The van der Waals surface area contributed by atoms with Crippen molar-refractivity contribution in [3.05, 3.63) is 76.2 Å². The molecule has 2 N–H and O–H groups in total. The summed E-state index contributed by atoms with van der Waals surface area (Å²) >= 11 is 0. The lowest BCUT2D eigenvalue weighted by Crippen LogP contribution is -2.28. The number of ether oxygens (including phenoxy) is 1. The fourth-order valence-electron chi connectivity index (χ4n) is 3.06. The minimum Gasteiger partial charge on any atom is -0.491 e. The molecule has 3 rings (SSSR count). The monoisotopic (exact) mass is 420 g/mol. The van der Waals surface area contributed by atoms with Gasteiger partial charge in [0.1, 0.15) is 11.4 Å². The van der Waals surface area contributed by atoms with Crippen molar-refractivity contribution < 1.29 is 9.53 Å². The number of aromatic nitrogens is 3. The number of hydrogen-bond acceptors (Lipinski definition) is 5. The number of carbonyl (C=O) groups is 1. The zero-order chi connectivity index (χ0) is 22.2. The maximum Gasteiger partial charge on any atom is 0.273 e. The maximum absolute atomic E-state index is 12.5. The van der Waals surface area contributed by atoms with E-state index in [1.54, 1.807) is 0 Å². The molecule has 0 fully saturated rings. The average Bonchev–Trinajstić information content (AvgIpc) is 2.78. The number of nitrogens with one attached hydrogen (secondary N) is 2. The third-order valence-electron chi connectivity index (χ3n) is 5.05. The molecule has 162 valence electrons. The SMILES string of the molecule is CC[C@@H](C)Oc1cccc(-c2nnc(CCC(=O)N[C@@H](C)c3ccccc3)c(=O)[nH]2)c1. The second kappa shape index (κ2) is 10.5. The summed E-state index contributed by atoms with van der Waals surface area (Å²) < 4.78 is 5.82. The molecule has 7 heteroatoms. The van der Waals surface area contributed by atoms with Crippen molar-refractivity contribution >= 4 is 5.91 Å². The van der Waals surface area contributed by atoms with Crippen molar-refractivity contribution in [2.24, 2.45) is 0 Å². The van der Waals surface area contributed by atoms with Crippen LogP contribution < -0.4 is 15.6 Å². The van der Waals surface area contributed by atoms with E-state index in [0.29, 0.717) is 17.1 Å². The van der Waals surface area contributed by atoms with Gasteiger partial charge in [0.15, 0.2) is 5.82 Å². The van der Waals surface area contributed by atoms with Crippen molar-refractivity contribution in [2.75, 3.05) is 0 Å². The standard InChI is InChI=1S/C24H28N4O3/c1-4-16(2)31-20-12-8-11-19(15-20)23-26-24(30)21(27-28-23)13-14-22(29)25-17(3)18-9-6-5-7-10-18/h5-12,15-17H,4,13-14H2,1-3H3,(H,25,29)(H,26,28,30)/t16-,17+/m1/s1. The first kappa shape index (κ1) is 22.2. The van der Waals surface area contributed by atoms with Crippen LogP contribution in [0.2, 0.25) is 0 Å². The first-order valence-electron chi connectivity index (χ1n) is 10.5. The van der Waals surface area contributed by atoms with Crippen LogP contribution in [-0.4, -0.2) is 27.2 Å². The molecule has 1 aromatic heterocycles. The zero-order valence-electron chi connectivity index (χ0n) is 18.1. The van der Waals surface area contributed by atoms with E-state index in [1.165, 1.54) is 0 Å². The normalized spacial score (nSPS) is 12.7. The average molecular weight is 421 g/mol. The van der Waals surface area contributed by atoms with Gasteiger partial charge in [-0.1, -0.05) is 49.4 Å². The molecule has 31 heavy (non-hydrogen) atoms. The van der Waals surface area contributed by atoms with Crippen LogP contribution in [-0.2, 0) is 11.2 Å². The van der Waals surface area contributed by atoms with E-state index < -0.39 is 0 Å². The Bertz CT molecular complexity index is 1070. The largest absolute Gasteiger partial charge is 0.491 e. The van der Waals surface area contributed by atoms with E-state index in [1.807, 2.05) is 68.4 Å². The van der Waals surface area contributed by atoms with Crippen LogP contribution in [0.5, 0.6) is 5.75 Å². The Kier molecular flexibility index (Phi) is 7.54. The van der Waals surface area contributed by atoms with Gasteiger partial charge in [0.25, 0.3) is 5.56 Å². The van der Waals surface area contributed by atoms with Crippen LogP contribution >= 0.6 is 0 Å². The lowest BCUT2D eigenvalue weighted by molar-refractivity contribution is -0.121. The molecule has 0 bridgehead atoms. The number of aromatic amines is 1. The summed E-state index contributed by atoms with van der Waals surface area (Å²) in [5.41, 5.74) is 1.63. The fourth-order valence-corrected chi connectivity index (χ4v) is 3.06. The first-order valence-corrected chi connectivity index (χ1v) is 10.5. The van der Waals surface area contributed by atoms with Gasteiger partial charge < -0.3 is 15.0 Å². The number of aryl methyl sites for hydroxylation is 1. The van der Waals surface area contributed by atoms with E-state index in [9.17, 15) is 9.59 Å². The number of rotatable bonds is 9. The summed E-state index contributed by atoms with van der Waals surface area (Å²) in [6.07, 6.45) is 1.37. The van der Waals surface area contributed by atoms with Gasteiger partial charge in [-0.3, -0.25) is 9.59 Å². The molecule has 7 nitrogen and oxygen atoms in total. The Labute approximate surface area is 181 Å². The highest BCUT2D eigenvalue weighted by Gasteiger charge is 2.13. The highest BCUT2D eigenvalue weighted by molar-refractivity contribution is 5.76. The van der Waals surface area contributed by atoms with Crippen LogP contribution in [0.3, 0.4) is 0 Å². The molecule has 1 heterocycles. The van der Waals surface area contributed by atoms with E-state index in [2.05, 4.69) is 27.4 Å². The van der Waals surface area contributed by atoms with Gasteiger partial charge in [0.05, 0.1) is 12.1 Å². The summed E-state index contributed by atoms with van der Waals surface area (Å²) in [6.45, 7) is 5.98. The molecule has 0 unspecified atom stereocenters. The van der Waals surface area contributed by atoms with Crippen molar-refractivity contribution in [3.8, 4) is 17.1 Å². The van der Waals surface area contributed by atoms with Crippen LogP contribution in [0.25, 0.3) is 11.4 Å². The summed E-state index contributed by atoms with van der Waals surface area (Å²) in [5.74, 6) is 0.935. The number of amides is 1. The van der Waals surface area contributed by atoms with Gasteiger partial charge in [-0.25, -0.2) is 0 Å². The van der Waals surface area contributed by atoms with E-state index >= 15 is 0 Å². The smallest absolute Gasteiger partial charge is 0.273 e. The predicted molar refractivity (Wildman–Crippen MR) is 120 cm³/mol. The molecule has 2 atom stereocenters. The molecular weight excluding hydrogens is 392 g/mol. The van der Waals surface area contributed by atoms with Gasteiger partial charge in [-0.15, -0.1) is 10.2 Å². The second-order valence-electron chi connectivity index (χ2n) is 7.51. The third-order valence-corrected chi connectivity index (χ3v) is 5.05. The van der Waals surface area contributed by atoms with Crippen molar-refractivity contribution in [1.82, 2.24) is 20.5 Å². The summed E-state index contributed by atoms with van der Waals surface area (Å²) in [6, 6.07) is 17.0. The Morgan fingerprint density at radius 3 is 2.58 bits per heavy atom. The van der Waals surface area contributed by atoms with Gasteiger partial charge in [-0.05, 0) is 38.0 Å². The predicted octanol–water partition coefficient (Wildman–Crippen LogP) is 3.82. The minimum absolute atomic E-state index is 0.0958. The third kappa shape index (κ3) is 6.25. The Balaban J connectivity index is 1.61. The molecule has 0 saturated heterocycles. The number of H-pyrrole nitrogens is 1. The number of carbonyl (C=O) groups excluding carboxylic acids is 1. The van der Waals surface area contributed by atoms with Crippen LogP contribution in [0.15, 0.2) is 59.4 Å². The molecule has 1 amide bonds. The number of hydrogen-bond donors (Lipinski definition) is 2. The molecule has 0 saturated carbocycles. The summed E-state index contributed by atoms with van der Waals surface area (Å²) in [4.78, 5) is 27.5. The fraction of sp³-hybridized carbons (Fsp3) is 0.333. The van der Waals surface area contributed by atoms with Crippen LogP contribution in [0, 0.1) is 0 Å². The summed E-state index contributed by atoms with van der Waals surface area (Å²) in [7, 11) is 0. The highest BCUT2D eigenvalue weighted by Crippen LogP contribution is 2.21. The number of nitrogens with zero attached hydrogens (tertiary/aromatic N) is 2. The highest BCUT2D eigenvalue weighted by atomic mass is 16.5. The van der Waals surface area contributed by atoms with Gasteiger partial charge in [-0.2, -0.15) is 0 Å². The van der Waals surface area contributed by atoms with Gasteiger partial charge >= 0.3 is 0 Å². The van der Waals surface area contributed by atoms with Crippen molar-refractivity contribution in [1.29, 1.82) is 0 Å². The maximum atomic E-state index is 12.5. The minimum atomic E-state index is -0.345. The van der Waals surface area contributed by atoms with Crippen molar-refractivity contribution in [2.45, 2.75) is 52.2 Å². The van der Waals surface area contributed by atoms with Gasteiger partial charge in [0, 0.05) is 18.4 Å². The molecule has 0 radical (unpaired) electrons. The Morgan fingerprint density at radius 2 is 1.87 bits per heavy atom. The van der Waals surface area contributed by atoms with Crippen LogP contribution in [0.4, 0.5) is 0 Å². The molecular formula is C24H28N4O3. The molecule has 0 spiro atoms. The number of benzene rings is 2. The van der Waals surface area contributed by atoms with E-state index in [4.69, 9.17) is 4.74 Å². The molecule has 3 aromatic rings. The summed E-state index contributed by atoms with van der Waals surface area (Å²) in [5, 5.41) is 11.1. The quantitative estimate of drug-likeness (QED) is 0.548. The first-order chi connectivity index (χ1) is 15.0. The lowest BCUT2D eigenvalue weighted by Gasteiger charge is -2.14. The Morgan fingerprint density at radius 1 is 1.10 bits per heavy atom. The zero-order valence-corrected chi connectivity index (χ0v) is 18.1. The van der Waals surface area contributed by atoms with Crippen molar-refractivity contribution in [3.63, 3.8) is 0 Å². The van der Waals surface area contributed by atoms with Crippen LogP contribution in [0.1, 0.15) is 50.9 Å². The topological polar surface area (TPSA) is 97.0 Å². The van der Waals surface area contributed by atoms with Gasteiger partial charge in [0.2, 0.25) is 5.91 Å². The van der Waals surface area contributed by atoms with E-state index in [-0.39, 0.29) is 42.1 Å². The molecule has 2 aromatic carbocycles.